The van der Waals surface area contributed by atoms with Gasteiger partial charge in [-0.1, -0.05) is 25.4 Å². The van der Waals surface area contributed by atoms with Crippen LogP contribution in [0.2, 0.25) is 0 Å². The van der Waals surface area contributed by atoms with Crippen LogP contribution in [-0.4, -0.2) is 25.0 Å². The van der Waals surface area contributed by atoms with Crippen molar-refractivity contribution in [1.29, 1.82) is 0 Å². The summed E-state index contributed by atoms with van der Waals surface area (Å²) in [7, 11) is 1.83. The molecular formula is C12H18N4O2. The van der Waals surface area contributed by atoms with Gasteiger partial charge in [-0.05, 0) is 18.9 Å². The van der Waals surface area contributed by atoms with Gasteiger partial charge in [0.2, 0.25) is 5.82 Å². The van der Waals surface area contributed by atoms with Crippen molar-refractivity contribution in [3.63, 3.8) is 0 Å². The number of aromatic nitrogens is 4. The molecule has 0 fully saturated rings. The maximum atomic E-state index is 9.79. The normalized spacial score (nSPS) is 12.9. The quantitative estimate of drug-likeness (QED) is 0.876. The van der Waals surface area contributed by atoms with E-state index in [0.29, 0.717) is 18.1 Å². The minimum Gasteiger partial charge on any atom is -0.385 e. The van der Waals surface area contributed by atoms with E-state index < -0.39 is 6.10 Å². The summed E-state index contributed by atoms with van der Waals surface area (Å²) in [5.41, 5.74) is 1.75. The van der Waals surface area contributed by atoms with Crippen LogP contribution >= 0.6 is 0 Å². The van der Waals surface area contributed by atoms with Crippen molar-refractivity contribution in [2.45, 2.75) is 39.2 Å². The van der Waals surface area contributed by atoms with Gasteiger partial charge in [0.1, 0.15) is 11.8 Å². The number of rotatable bonds is 5. The fourth-order valence-corrected chi connectivity index (χ4v) is 1.78. The number of aliphatic hydroxyl groups is 1. The van der Waals surface area contributed by atoms with Crippen LogP contribution in [0.25, 0.3) is 11.6 Å². The van der Waals surface area contributed by atoms with Crippen LogP contribution in [0.4, 0.5) is 0 Å². The Morgan fingerprint density at radius 2 is 2.22 bits per heavy atom. The lowest BCUT2D eigenvalue weighted by Crippen LogP contribution is -1.99. The van der Waals surface area contributed by atoms with Crippen LogP contribution in [0.15, 0.2) is 10.6 Å². The van der Waals surface area contributed by atoms with E-state index >= 15 is 0 Å². The lowest BCUT2D eigenvalue weighted by Gasteiger charge is -2.01. The van der Waals surface area contributed by atoms with E-state index in [9.17, 15) is 5.11 Å². The zero-order chi connectivity index (χ0) is 13.1. The second-order valence-electron chi connectivity index (χ2n) is 4.26. The Morgan fingerprint density at radius 1 is 1.44 bits per heavy atom. The third-order valence-corrected chi connectivity index (χ3v) is 2.81. The van der Waals surface area contributed by atoms with E-state index in [1.54, 1.807) is 4.68 Å². The van der Waals surface area contributed by atoms with E-state index in [4.69, 9.17) is 4.52 Å². The molecule has 2 aromatic heterocycles. The number of hydrogen-bond donors (Lipinski definition) is 1. The van der Waals surface area contributed by atoms with Crippen molar-refractivity contribution in [2.75, 3.05) is 0 Å². The van der Waals surface area contributed by atoms with Crippen molar-refractivity contribution in [3.05, 3.63) is 17.6 Å². The first-order chi connectivity index (χ1) is 8.65. The fourth-order valence-electron chi connectivity index (χ4n) is 1.78. The van der Waals surface area contributed by atoms with Crippen LogP contribution < -0.4 is 0 Å². The zero-order valence-electron chi connectivity index (χ0n) is 10.9. The average Bonchev–Trinajstić information content (AvgIpc) is 2.95. The van der Waals surface area contributed by atoms with Crippen LogP contribution in [0.3, 0.4) is 0 Å². The molecule has 1 N–H and O–H groups in total. The Hall–Kier alpha value is -1.69. The highest BCUT2D eigenvalue weighted by molar-refractivity contribution is 5.47. The molecule has 6 heteroatoms. The first kappa shape index (κ1) is 12.8. The Morgan fingerprint density at radius 3 is 2.83 bits per heavy atom. The van der Waals surface area contributed by atoms with Gasteiger partial charge in [0.25, 0.3) is 5.89 Å². The highest BCUT2D eigenvalue weighted by Gasteiger charge is 2.18. The summed E-state index contributed by atoms with van der Waals surface area (Å²) in [5, 5.41) is 17.9. The van der Waals surface area contributed by atoms with Gasteiger partial charge < -0.3 is 9.63 Å². The van der Waals surface area contributed by atoms with Gasteiger partial charge in [-0.25, -0.2) is 0 Å². The smallest absolute Gasteiger partial charge is 0.276 e. The standard InChI is InChI=1S/C12H18N4O2/c1-4-6-10(17)11-13-12(18-15-11)9-7-8(5-2)14-16(9)3/h7,10,17H,4-6H2,1-3H3. The highest BCUT2D eigenvalue weighted by atomic mass is 16.5. The molecule has 1 atom stereocenters. The molecule has 6 nitrogen and oxygen atoms in total. The van der Waals surface area contributed by atoms with Gasteiger partial charge in [0.15, 0.2) is 0 Å². The van der Waals surface area contributed by atoms with E-state index in [-0.39, 0.29) is 0 Å². The van der Waals surface area contributed by atoms with Crippen LogP contribution in [0, 0.1) is 0 Å². The third kappa shape index (κ3) is 2.43. The van der Waals surface area contributed by atoms with Crippen molar-refractivity contribution in [3.8, 4) is 11.6 Å². The molecule has 2 heterocycles. The van der Waals surface area contributed by atoms with E-state index in [1.165, 1.54) is 0 Å². The van der Waals surface area contributed by atoms with E-state index in [1.807, 2.05) is 27.0 Å². The molecule has 0 aromatic carbocycles. The molecule has 0 amide bonds. The SMILES string of the molecule is CCCC(O)c1noc(-c2cc(CC)nn2C)n1. The van der Waals surface area contributed by atoms with Gasteiger partial charge in [0, 0.05) is 7.05 Å². The molecule has 0 bridgehead atoms. The summed E-state index contributed by atoms with van der Waals surface area (Å²) >= 11 is 0. The van der Waals surface area contributed by atoms with Crippen molar-refractivity contribution < 1.29 is 9.63 Å². The van der Waals surface area contributed by atoms with Gasteiger partial charge in [-0.3, -0.25) is 4.68 Å². The summed E-state index contributed by atoms with van der Waals surface area (Å²) in [6.07, 6.45) is 1.69. The predicted octanol–water partition coefficient (Wildman–Crippen LogP) is 1.87. The maximum absolute atomic E-state index is 9.79. The first-order valence-electron chi connectivity index (χ1n) is 6.20. The molecule has 1 unspecified atom stereocenters. The molecule has 0 aliphatic carbocycles. The van der Waals surface area contributed by atoms with Crippen LogP contribution in [-0.2, 0) is 13.5 Å². The molecule has 0 spiro atoms. The minimum atomic E-state index is -0.661. The Balaban J connectivity index is 2.26. The molecule has 0 radical (unpaired) electrons. The van der Waals surface area contributed by atoms with Crippen LogP contribution in [0.1, 0.15) is 44.3 Å². The van der Waals surface area contributed by atoms with Gasteiger partial charge in [0.05, 0.1) is 5.69 Å². The Labute approximate surface area is 106 Å². The van der Waals surface area contributed by atoms with Gasteiger partial charge in [-0.15, -0.1) is 0 Å². The van der Waals surface area contributed by atoms with E-state index in [0.717, 1.165) is 24.2 Å². The molecule has 2 rings (SSSR count). The van der Waals surface area contributed by atoms with Gasteiger partial charge in [-0.2, -0.15) is 10.1 Å². The van der Waals surface area contributed by atoms with E-state index in [2.05, 4.69) is 15.2 Å². The monoisotopic (exact) mass is 250 g/mol. The summed E-state index contributed by atoms with van der Waals surface area (Å²) in [6.45, 7) is 4.04. The summed E-state index contributed by atoms with van der Waals surface area (Å²) in [4.78, 5) is 4.22. The second kappa shape index (κ2) is 5.30. The molecule has 0 saturated heterocycles. The number of hydrogen-bond acceptors (Lipinski definition) is 5. The average molecular weight is 250 g/mol. The van der Waals surface area contributed by atoms with Crippen molar-refractivity contribution in [1.82, 2.24) is 19.9 Å². The Kier molecular flexibility index (Phi) is 3.76. The topological polar surface area (TPSA) is 77.0 Å². The molecule has 18 heavy (non-hydrogen) atoms. The van der Waals surface area contributed by atoms with Crippen molar-refractivity contribution in [2.24, 2.45) is 7.05 Å². The molecule has 2 aromatic rings. The number of aryl methyl sites for hydroxylation is 2. The van der Waals surface area contributed by atoms with Crippen LogP contribution in [0.5, 0.6) is 0 Å². The summed E-state index contributed by atoms with van der Waals surface area (Å²) in [5.74, 6) is 0.737. The third-order valence-electron chi connectivity index (χ3n) is 2.81. The maximum Gasteiger partial charge on any atom is 0.276 e. The molecule has 0 aliphatic rings. The summed E-state index contributed by atoms with van der Waals surface area (Å²) < 4.78 is 6.89. The molecular weight excluding hydrogens is 232 g/mol. The number of aliphatic hydroxyl groups excluding tert-OH is 1. The first-order valence-corrected chi connectivity index (χ1v) is 6.20. The molecule has 0 saturated carbocycles. The largest absolute Gasteiger partial charge is 0.385 e. The van der Waals surface area contributed by atoms with Gasteiger partial charge >= 0.3 is 0 Å². The lowest BCUT2D eigenvalue weighted by molar-refractivity contribution is 0.153. The van der Waals surface area contributed by atoms with Crippen molar-refractivity contribution >= 4 is 0 Å². The number of nitrogens with zero attached hydrogens (tertiary/aromatic N) is 4. The fraction of sp³-hybridized carbons (Fsp3) is 0.583. The Bertz CT molecular complexity index is 518. The predicted molar refractivity (Wildman–Crippen MR) is 65.7 cm³/mol. The highest BCUT2D eigenvalue weighted by Crippen LogP contribution is 2.21. The lowest BCUT2D eigenvalue weighted by atomic mass is 10.2. The second-order valence-corrected chi connectivity index (χ2v) is 4.26. The molecule has 98 valence electrons. The molecule has 0 aliphatic heterocycles. The zero-order valence-corrected chi connectivity index (χ0v) is 10.9. The minimum absolute atomic E-state index is 0.339. The summed E-state index contributed by atoms with van der Waals surface area (Å²) in [6, 6.07) is 1.92.